The molecule has 5 heteroatoms. The van der Waals surface area contributed by atoms with Crippen LogP contribution < -0.4 is 10.1 Å². The molecule has 1 N–H and O–H groups in total. The molecule has 3 aliphatic rings. The lowest BCUT2D eigenvalue weighted by atomic mass is 9.68. The van der Waals surface area contributed by atoms with Gasteiger partial charge in [0.25, 0.3) is 5.91 Å². The van der Waals surface area contributed by atoms with Crippen molar-refractivity contribution >= 4 is 5.91 Å². The molecule has 0 atom stereocenters. The third-order valence-electron chi connectivity index (χ3n) is 6.92. The Morgan fingerprint density at radius 1 is 1.08 bits per heavy atom. The highest BCUT2D eigenvalue weighted by atomic mass is 16.5. The number of ether oxygens (including phenoxy) is 1. The second-order valence-electron chi connectivity index (χ2n) is 8.68. The zero-order valence-corrected chi connectivity index (χ0v) is 16.1. The molecule has 0 saturated heterocycles. The van der Waals surface area contributed by atoms with Crippen molar-refractivity contribution in [2.24, 2.45) is 24.8 Å². The summed E-state index contributed by atoms with van der Waals surface area (Å²) >= 11 is 0. The summed E-state index contributed by atoms with van der Waals surface area (Å²) in [7, 11) is 1.86. The molecule has 0 aromatic carbocycles. The van der Waals surface area contributed by atoms with Crippen LogP contribution in [-0.2, 0) is 7.05 Å². The highest BCUT2D eigenvalue weighted by molar-refractivity contribution is 5.96. The minimum Gasteiger partial charge on any atom is -0.477 e. The Bertz CT molecular complexity index is 599. The van der Waals surface area contributed by atoms with Gasteiger partial charge in [0.1, 0.15) is 5.56 Å². The predicted molar refractivity (Wildman–Crippen MR) is 101 cm³/mol. The number of nitrogens with one attached hydrogen (secondary N) is 1. The lowest BCUT2D eigenvalue weighted by Crippen LogP contribution is -2.49. The first-order chi connectivity index (χ1) is 12.7. The summed E-state index contributed by atoms with van der Waals surface area (Å²) in [6, 6.07) is 0.344. The molecule has 144 valence electrons. The van der Waals surface area contributed by atoms with Crippen molar-refractivity contribution in [1.82, 2.24) is 15.1 Å². The predicted octanol–water partition coefficient (Wildman–Crippen LogP) is 4.08. The van der Waals surface area contributed by atoms with Crippen molar-refractivity contribution in [2.45, 2.75) is 76.7 Å². The molecule has 1 aromatic rings. The highest BCUT2D eigenvalue weighted by Crippen LogP contribution is 2.40. The average Bonchev–Trinajstić information content (AvgIpc) is 3.01. The van der Waals surface area contributed by atoms with E-state index in [2.05, 4.69) is 10.4 Å². The van der Waals surface area contributed by atoms with E-state index in [4.69, 9.17) is 4.74 Å². The number of carbonyl (C=O) groups excluding carboxylic acids is 1. The fourth-order valence-corrected chi connectivity index (χ4v) is 5.44. The van der Waals surface area contributed by atoms with Crippen LogP contribution in [0.2, 0.25) is 0 Å². The number of hydrogen-bond donors (Lipinski definition) is 1. The molecule has 5 nitrogen and oxygen atoms in total. The Labute approximate surface area is 156 Å². The summed E-state index contributed by atoms with van der Waals surface area (Å²) in [5.74, 6) is 2.58. The fraction of sp³-hybridized carbons (Fsp3) is 0.810. The minimum atomic E-state index is 0.000504. The number of nitrogens with zero attached hydrogens (tertiary/aromatic N) is 2. The Hall–Kier alpha value is -1.52. The lowest BCUT2D eigenvalue weighted by molar-refractivity contribution is 0.0783. The summed E-state index contributed by atoms with van der Waals surface area (Å²) in [6.45, 7) is 0.703. The van der Waals surface area contributed by atoms with Gasteiger partial charge in [-0.15, -0.1) is 0 Å². The maximum Gasteiger partial charge on any atom is 0.258 e. The van der Waals surface area contributed by atoms with Gasteiger partial charge in [0, 0.05) is 13.1 Å². The number of aromatic nitrogens is 2. The van der Waals surface area contributed by atoms with Crippen molar-refractivity contribution < 1.29 is 9.53 Å². The van der Waals surface area contributed by atoms with Crippen LogP contribution in [0, 0.1) is 17.8 Å². The maximum absolute atomic E-state index is 13.0. The van der Waals surface area contributed by atoms with Crippen LogP contribution in [0.5, 0.6) is 5.88 Å². The summed E-state index contributed by atoms with van der Waals surface area (Å²) < 4.78 is 7.80. The van der Waals surface area contributed by atoms with Crippen molar-refractivity contribution in [3.63, 3.8) is 0 Å². The van der Waals surface area contributed by atoms with E-state index in [-0.39, 0.29) is 5.91 Å². The maximum atomic E-state index is 13.0. The second kappa shape index (κ2) is 8.01. The molecule has 3 fully saturated rings. The summed E-state index contributed by atoms with van der Waals surface area (Å²) in [5, 5.41) is 7.65. The van der Waals surface area contributed by atoms with E-state index in [1.165, 1.54) is 70.6 Å². The van der Waals surface area contributed by atoms with Gasteiger partial charge in [-0.3, -0.25) is 4.79 Å². The van der Waals surface area contributed by atoms with Crippen LogP contribution in [0.3, 0.4) is 0 Å². The van der Waals surface area contributed by atoms with Gasteiger partial charge < -0.3 is 10.1 Å². The van der Waals surface area contributed by atoms with E-state index >= 15 is 0 Å². The van der Waals surface area contributed by atoms with Crippen LogP contribution >= 0.6 is 0 Å². The number of carbonyl (C=O) groups is 1. The fourth-order valence-electron chi connectivity index (χ4n) is 5.44. The van der Waals surface area contributed by atoms with Gasteiger partial charge in [0.15, 0.2) is 0 Å². The number of rotatable bonds is 5. The van der Waals surface area contributed by atoms with Gasteiger partial charge in [0.2, 0.25) is 5.88 Å². The van der Waals surface area contributed by atoms with Crippen LogP contribution in [-0.4, -0.2) is 28.3 Å². The van der Waals surface area contributed by atoms with E-state index < -0.39 is 0 Å². The number of amides is 1. The molecule has 1 aromatic heterocycles. The molecule has 0 radical (unpaired) electrons. The molecule has 2 bridgehead atoms. The zero-order chi connectivity index (χ0) is 17.9. The normalized spacial score (nSPS) is 29.3. The number of aryl methyl sites for hydroxylation is 1. The van der Waals surface area contributed by atoms with Gasteiger partial charge >= 0.3 is 0 Å². The van der Waals surface area contributed by atoms with E-state index in [0.717, 1.165) is 0 Å². The topological polar surface area (TPSA) is 56.2 Å². The van der Waals surface area contributed by atoms with Crippen molar-refractivity contribution in [1.29, 1.82) is 0 Å². The van der Waals surface area contributed by atoms with Crippen molar-refractivity contribution in [2.75, 3.05) is 6.61 Å². The van der Waals surface area contributed by atoms with Crippen LogP contribution in [0.15, 0.2) is 6.20 Å². The molecule has 4 rings (SSSR count). The quantitative estimate of drug-likeness (QED) is 0.862. The van der Waals surface area contributed by atoms with Gasteiger partial charge in [-0.2, -0.15) is 5.10 Å². The summed E-state index contributed by atoms with van der Waals surface area (Å²) in [4.78, 5) is 13.0. The SMILES string of the molecule is Cn1ncc(C(=O)NC2C3CCCC2CCC3)c1OCC1CCCCC1. The van der Waals surface area contributed by atoms with Gasteiger partial charge in [-0.25, -0.2) is 4.68 Å². The van der Waals surface area contributed by atoms with E-state index in [0.29, 0.717) is 41.8 Å². The standard InChI is InChI=1S/C21H33N3O2/c1-24-21(26-14-15-7-3-2-4-8-15)18(13-22-24)20(25)23-19-16-9-5-10-17(19)12-6-11-16/h13,15-17,19H,2-12,14H2,1H3,(H,23,25). The first-order valence-electron chi connectivity index (χ1n) is 10.7. The van der Waals surface area contributed by atoms with Crippen LogP contribution in [0.25, 0.3) is 0 Å². The van der Waals surface area contributed by atoms with Gasteiger partial charge in [0.05, 0.1) is 12.8 Å². The monoisotopic (exact) mass is 359 g/mol. The highest BCUT2D eigenvalue weighted by Gasteiger charge is 2.37. The second-order valence-corrected chi connectivity index (χ2v) is 8.68. The Morgan fingerprint density at radius 2 is 1.73 bits per heavy atom. The Morgan fingerprint density at radius 3 is 2.38 bits per heavy atom. The minimum absolute atomic E-state index is 0.000504. The van der Waals surface area contributed by atoms with E-state index in [1.54, 1.807) is 10.9 Å². The smallest absolute Gasteiger partial charge is 0.258 e. The number of fused-ring (bicyclic) bond motifs is 2. The third-order valence-corrected chi connectivity index (χ3v) is 6.92. The summed E-state index contributed by atoms with van der Waals surface area (Å²) in [6.07, 6.45) is 15.8. The molecule has 1 heterocycles. The number of hydrogen-bond acceptors (Lipinski definition) is 3. The van der Waals surface area contributed by atoms with Crippen LogP contribution in [0.1, 0.15) is 81.0 Å². The van der Waals surface area contributed by atoms with Crippen LogP contribution in [0.4, 0.5) is 0 Å². The average molecular weight is 360 g/mol. The first-order valence-corrected chi connectivity index (χ1v) is 10.7. The largest absolute Gasteiger partial charge is 0.477 e. The summed E-state index contributed by atoms with van der Waals surface area (Å²) in [5.41, 5.74) is 0.604. The van der Waals surface area contributed by atoms with Gasteiger partial charge in [-0.05, 0) is 56.3 Å². The zero-order valence-electron chi connectivity index (χ0n) is 16.1. The van der Waals surface area contributed by atoms with Crippen molar-refractivity contribution in [3.05, 3.63) is 11.8 Å². The molecule has 3 aliphatic carbocycles. The molecular formula is C21H33N3O2. The van der Waals surface area contributed by atoms with Crippen molar-refractivity contribution in [3.8, 4) is 5.88 Å². The van der Waals surface area contributed by atoms with E-state index in [1.807, 2.05) is 7.05 Å². The molecule has 0 spiro atoms. The lowest BCUT2D eigenvalue weighted by Gasteiger charge is -2.42. The van der Waals surface area contributed by atoms with Gasteiger partial charge in [-0.1, -0.05) is 32.1 Å². The third kappa shape index (κ3) is 3.77. The van der Waals surface area contributed by atoms with E-state index in [9.17, 15) is 4.79 Å². The molecule has 3 saturated carbocycles. The molecule has 26 heavy (non-hydrogen) atoms. The molecule has 0 aliphatic heterocycles. The molecular weight excluding hydrogens is 326 g/mol. The first kappa shape index (κ1) is 17.9. The Balaban J connectivity index is 1.41. The molecule has 1 amide bonds. The Kier molecular flexibility index (Phi) is 5.51. The molecule has 0 unspecified atom stereocenters.